The van der Waals surface area contributed by atoms with E-state index in [4.69, 9.17) is 0 Å². The molecule has 1 aliphatic rings. The number of benzene rings is 5. The Kier molecular flexibility index (Phi) is 4.40. The minimum absolute atomic E-state index is 0.402. The third-order valence-corrected chi connectivity index (χ3v) is 6.53. The Bertz CT molecular complexity index is 1270. The molecule has 0 aliphatic carbocycles. The lowest BCUT2D eigenvalue weighted by molar-refractivity contribution is 0.731. The fourth-order valence-electron chi connectivity index (χ4n) is 5.27. The number of rotatable bonds is 3. The van der Waals surface area contributed by atoms with E-state index in [2.05, 4.69) is 144 Å². The van der Waals surface area contributed by atoms with Crippen LogP contribution in [0.15, 0.2) is 140 Å². The second-order valence-electron chi connectivity index (χ2n) is 8.19. The molecule has 152 valence electrons. The minimum Gasteiger partial charge on any atom is -0.310 e. The molecule has 0 N–H and O–H groups in total. The predicted molar refractivity (Wildman–Crippen MR) is 133 cm³/mol. The van der Waals surface area contributed by atoms with Crippen molar-refractivity contribution in [1.29, 1.82) is 0 Å². The van der Waals surface area contributed by atoms with Gasteiger partial charge in [0.25, 0.3) is 0 Å². The van der Waals surface area contributed by atoms with Crippen molar-refractivity contribution < 1.29 is 0 Å². The largest absolute Gasteiger partial charge is 0.310 e. The highest BCUT2D eigenvalue weighted by Gasteiger charge is 2.46. The second kappa shape index (κ2) is 7.55. The number of hydrogen-bond acceptors (Lipinski definition) is 1. The second-order valence-corrected chi connectivity index (χ2v) is 8.19. The van der Waals surface area contributed by atoms with Crippen molar-refractivity contribution in [3.05, 3.63) is 162 Å². The van der Waals surface area contributed by atoms with Crippen molar-refractivity contribution in [2.24, 2.45) is 0 Å². The Morgan fingerprint density at radius 1 is 0.375 bits per heavy atom. The maximum absolute atomic E-state index is 2.40. The van der Waals surface area contributed by atoms with Crippen molar-refractivity contribution in [3.63, 3.8) is 0 Å². The maximum atomic E-state index is 2.40. The van der Waals surface area contributed by atoms with E-state index in [0.29, 0.717) is 0 Å². The number of para-hydroxylation sites is 3. The lowest BCUT2D eigenvalue weighted by Crippen LogP contribution is -2.37. The SMILES string of the molecule is c1ccc(N2c3ccccc3C(c3ccccc3)(c3ccccc3)c3ccccc32)cc1. The van der Waals surface area contributed by atoms with Crippen LogP contribution < -0.4 is 4.90 Å². The summed E-state index contributed by atoms with van der Waals surface area (Å²) in [6, 6.07) is 50.2. The number of anilines is 3. The Hall–Kier alpha value is -4.10. The molecule has 0 saturated carbocycles. The van der Waals surface area contributed by atoms with Gasteiger partial charge in [0.05, 0.1) is 16.8 Å². The molecule has 6 rings (SSSR count). The van der Waals surface area contributed by atoms with Gasteiger partial charge in [0.2, 0.25) is 0 Å². The third-order valence-electron chi connectivity index (χ3n) is 6.53. The van der Waals surface area contributed by atoms with Gasteiger partial charge < -0.3 is 4.90 Å². The summed E-state index contributed by atoms with van der Waals surface area (Å²) in [6.45, 7) is 0. The lowest BCUT2D eigenvalue weighted by atomic mass is 9.62. The molecule has 0 atom stereocenters. The van der Waals surface area contributed by atoms with Crippen LogP contribution in [0.2, 0.25) is 0 Å². The lowest BCUT2D eigenvalue weighted by Gasteiger charge is -2.46. The summed E-state index contributed by atoms with van der Waals surface area (Å²) in [6.07, 6.45) is 0. The van der Waals surface area contributed by atoms with Gasteiger partial charge in [0, 0.05) is 5.69 Å². The van der Waals surface area contributed by atoms with Gasteiger partial charge in [0.1, 0.15) is 0 Å². The number of nitrogens with zero attached hydrogens (tertiary/aromatic N) is 1. The molecule has 5 aromatic carbocycles. The van der Waals surface area contributed by atoms with Crippen LogP contribution in [0.5, 0.6) is 0 Å². The summed E-state index contributed by atoms with van der Waals surface area (Å²) in [5, 5.41) is 0. The highest BCUT2D eigenvalue weighted by molar-refractivity contribution is 5.89. The van der Waals surface area contributed by atoms with Crippen molar-refractivity contribution >= 4 is 17.1 Å². The highest BCUT2D eigenvalue weighted by atomic mass is 15.2. The van der Waals surface area contributed by atoms with Crippen molar-refractivity contribution in [3.8, 4) is 0 Å². The van der Waals surface area contributed by atoms with Crippen molar-refractivity contribution in [2.75, 3.05) is 4.90 Å². The van der Waals surface area contributed by atoms with E-state index in [-0.39, 0.29) is 0 Å². The first kappa shape index (κ1) is 18.7. The Labute approximate surface area is 189 Å². The van der Waals surface area contributed by atoms with Gasteiger partial charge in [-0.3, -0.25) is 0 Å². The molecule has 1 aliphatic heterocycles. The molecule has 0 bridgehead atoms. The van der Waals surface area contributed by atoms with Crippen molar-refractivity contribution in [1.82, 2.24) is 0 Å². The number of hydrogen-bond donors (Lipinski definition) is 0. The minimum atomic E-state index is -0.402. The molecule has 1 nitrogen and oxygen atoms in total. The van der Waals surface area contributed by atoms with Gasteiger partial charge >= 0.3 is 0 Å². The third kappa shape index (κ3) is 2.65. The Morgan fingerprint density at radius 3 is 1.22 bits per heavy atom. The van der Waals surface area contributed by atoms with Crippen LogP contribution in [0.25, 0.3) is 0 Å². The van der Waals surface area contributed by atoms with E-state index in [1.807, 2.05) is 0 Å². The maximum Gasteiger partial charge on any atom is 0.0742 e. The molecular weight excluding hydrogens is 386 g/mol. The van der Waals surface area contributed by atoms with Gasteiger partial charge in [-0.15, -0.1) is 0 Å². The molecule has 32 heavy (non-hydrogen) atoms. The van der Waals surface area contributed by atoms with Crippen LogP contribution >= 0.6 is 0 Å². The van der Waals surface area contributed by atoms with E-state index < -0.39 is 5.41 Å². The van der Waals surface area contributed by atoms with Gasteiger partial charge in [-0.1, -0.05) is 115 Å². The molecule has 0 fully saturated rings. The molecule has 0 aromatic heterocycles. The van der Waals surface area contributed by atoms with Gasteiger partial charge in [-0.2, -0.15) is 0 Å². The zero-order valence-corrected chi connectivity index (χ0v) is 17.7. The van der Waals surface area contributed by atoms with Crippen LogP contribution in [0, 0.1) is 0 Å². The van der Waals surface area contributed by atoms with Gasteiger partial charge in [0.15, 0.2) is 0 Å². The van der Waals surface area contributed by atoms with Crippen LogP contribution in [0.4, 0.5) is 17.1 Å². The zero-order chi connectivity index (χ0) is 21.4. The van der Waals surface area contributed by atoms with E-state index in [1.165, 1.54) is 39.3 Å². The molecule has 5 aromatic rings. The van der Waals surface area contributed by atoms with E-state index in [1.54, 1.807) is 0 Å². The molecule has 0 radical (unpaired) electrons. The quantitative estimate of drug-likeness (QED) is 0.288. The average molecular weight is 410 g/mol. The fraction of sp³-hybridized carbons (Fsp3) is 0.0323. The molecule has 1 heteroatoms. The molecule has 0 spiro atoms. The first-order valence-electron chi connectivity index (χ1n) is 11.1. The fourth-order valence-corrected chi connectivity index (χ4v) is 5.27. The van der Waals surface area contributed by atoms with E-state index >= 15 is 0 Å². The van der Waals surface area contributed by atoms with Crippen LogP contribution in [0.3, 0.4) is 0 Å². The first-order valence-corrected chi connectivity index (χ1v) is 11.1. The summed E-state index contributed by atoms with van der Waals surface area (Å²) < 4.78 is 0. The standard InChI is InChI=1S/C31H23N/c1-4-14-24(15-5-1)31(25-16-6-2-7-17-25)27-20-10-12-22-29(27)32(26-18-8-3-9-19-26)30-23-13-11-21-28(30)31/h1-23H. The summed E-state index contributed by atoms with van der Waals surface area (Å²) in [5.74, 6) is 0. The van der Waals surface area contributed by atoms with E-state index in [0.717, 1.165) is 0 Å². The van der Waals surface area contributed by atoms with Crippen LogP contribution in [0.1, 0.15) is 22.3 Å². The zero-order valence-electron chi connectivity index (χ0n) is 17.7. The molecule has 0 unspecified atom stereocenters. The molecular formula is C31H23N. The summed E-state index contributed by atoms with van der Waals surface area (Å²) >= 11 is 0. The summed E-state index contributed by atoms with van der Waals surface area (Å²) in [7, 11) is 0. The van der Waals surface area contributed by atoms with Crippen LogP contribution in [-0.2, 0) is 5.41 Å². The van der Waals surface area contributed by atoms with E-state index in [9.17, 15) is 0 Å². The van der Waals surface area contributed by atoms with Gasteiger partial charge in [-0.25, -0.2) is 0 Å². The monoisotopic (exact) mass is 409 g/mol. The normalized spacial score (nSPS) is 13.8. The van der Waals surface area contributed by atoms with Gasteiger partial charge in [-0.05, 0) is 46.5 Å². The van der Waals surface area contributed by atoms with Crippen molar-refractivity contribution in [2.45, 2.75) is 5.41 Å². The molecule has 0 amide bonds. The smallest absolute Gasteiger partial charge is 0.0742 e. The summed E-state index contributed by atoms with van der Waals surface area (Å²) in [4.78, 5) is 2.40. The average Bonchev–Trinajstić information content (AvgIpc) is 2.89. The predicted octanol–water partition coefficient (Wildman–Crippen LogP) is 7.85. The highest BCUT2D eigenvalue weighted by Crippen LogP contribution is 2.57. The Morgan fingerprint density at radius 2 is 0.750 bits per heavy atom. The topological polar surface area (TPSA) is 3.24 Å². The van der Waals surface area contributed by atoms with Crippen LogP contribution in [-0.4, -0.2) is 0 Å². The Balaban J connectivity index is 1.78. The number of fused-ring (bicyclic) bond motifs is 2. The summed E-state index contributed by atoms with van der Waals surface area (Å²) in [5.41, 5.74) is 8.33. The molecule has 1 heterocycles. The first-order chi connectivity index (χ1) is 15.9. The molecule has 0 saturated heterocycles.